The van der Waals surface area contributed by atoms with Crippen LogP contribution in [0.15, 0.2) is 176 Å². The second-order valence-corrected chi connectivity index (χ2v) is 12.3. The first-order chi connectivity index (χ1) is 24.3. The molecule has 0 atom stereocenters. The summed E-state index contributed by atoms with van der Waals surface area (Å²) in [5.41, 5.74) is 14.9. The molecular weight excluding hydrogens is 597 g/mol. The molecule has 1 N–H and O–H groups in total. The Morgan fingerprint density at radius 1 is 0.510 bits per heavy atom. The Morgan fingerprint density at radius 3 is 1.82 bits per heavy atom. The highest BCUT2D eigenvalue weighted by atomic mass is 15.1. The lowest BCUT2D eigenvalue weighted by molar-refractivity contribution is 1.13. The third-order valence-corrected chi connectivity index (χ3v) is 9.25. The van der Waals surface area contributed by atoms with Crippen LogP contribution in [-0.2, 0) is 0 Å². The van der Waals surface area contributed by atoms with Crippen LogP contribution in [0.25, 0.3) is 61.4 Å². The molecule has 6 aromatic carbocycles. The van der Waals surface area contributed by atoms with Crippen molar-refractivity contribution in [2.45, 2.75) is 6.42 Å². The molecule has 4 heteroatoms. The molecule has 9 rings (SSSR count). The van der Waals surface area contributed by atoms with Gasteiger partial charge < -0.3 is 5.32 Å². The fourth-order valence-corrected chi connectivity index (χ4v) is 6.89. The van der Waals surface area contributed by atoms with E-state index in [1.54, 1.807) is 0 Å². The second kappa shape index (κ2) is 12.3. The van der Waals surface area contributed by atoms with Gasteiger partial charge in [-0.15, -0.1) is 0 Å². The molecule has 2 heterocycles. The van der Waals surface area contributed by atoms with E-state index in [4.69, 9.17) is 9.97 Å². The molecule has 4 nitrogen and oxygen atoms in total. The Morgan fingerprint density at radius 2 is 1.10 bits per heavy atom. The molecule has 0 unspecified atom stereocenters. The van der Waals surface area contributed by atoms with Crippen LogP contribution >= 0.6 is 0 Å². The molecule has 0 fully saturated rings. The Hall–Kier alpha value is -6.52. The lowest BCUT2D eigenvalue weighted by atomic mass is 9.97. The molecule has 0 saturated carbocycles. The molecule has 0 bridgehead atoms. The topological polar surface area (TPSA) is 42.7 Å². The minimum atomic E-state index is 0.843. The zero-order chi connectivity index (χ0) is 32.6. The van der Waals surface area contributed by atoms with Crippen molar-refractivity contribution >= 4 is 44.6 Å². The Balaban J connectivity index is 1.17. The lowest BCUT2D eigenvalue weighted by Gasteiger charge is -2.14. The van der Waals surface area contributed by atoms with Crippen molar-refractivity contribution in [1.82, 2.24) is 14.5 Å². The summed E-state index contributed by atoms with van der Waals surface area (Å²) in [4.78, 5) is 10.9. The highest BCUT2D eigenvalue weighted by molar-refractivity contribution is 6.08. The van der Waals surface area contributed by atoms with Gasteiger partial charge in [-0.25, -0.2) is 9.97 Å². The van der Waals surface area contributed by atoms with Gasteiger partial charge in [-0.1, -0.05) is 133 Å². The quantitative estimate of drug-likeness (QED) is 0.191. The SMILES string of the molecule is C1=C(c2ccc3c(c2)c2nc(-c4ccccc4)c(-c4ccccc4)nc2n3-c2ccccc2)CC(c2ccccc2Nc2ccccc2)=C1. The Kier molecular flexibility index (Phi) is 7.17. The van der Waals surface area contributed by atoms with Crippen molar-refractivity contribution < 1.29 is 0 Å². The smallest absolute Gasteiger partial charge is 0.165 e. The normalized spacial score (nSPS) is 12.7. The first-order valence-corrected chi connectivity index (χ1v) is 16.6. The first-order valence-electron chi connectivity index (χ1n) is 16.6. The van der Waals surface area contributed by atoms with E-state index in [0.717, 1.165) is 68.1 Å². The number of para-hydroxylation sites is 3. The molecule has 0 radical (unpaired) electrons. The largest absolute Gasteiger partial charge is 0.355 e. The summed E-state index contributed by atoms with van der Waals surface area (Å²) in [5.74, 6) is 0. The van der Waals surface area contributed by atoms with Gasteiger partial charge in [-0.05, 0) is 65.6 Å². The molecule has 0 aliphatic heterocycles. The van der Waals surface area contributed by atoms with Crippen molar-refractivity contribution in [2.24, 2.45) is 0 Å². The highest BCUT2D eigenvalue weighted by Crippen LogP contribution is 2.41. The number of aromatic nitrogens is 3. The van der Waals surface area contributed by atoms with Crippen LogP contribution in [0.2, 0.25) is 0 Å². The zero-order valence-electron chi connectivity index (χ0n) is 26.8. The Bertz CT molecular complexity index is 2510. The molecule has 49 heavy (non-hydrogen) atoms. The van der Waals surface area contributed by atoms with Gasteiger partial charge in [0.25, 0.3) is 0 Å². The fourth-order valence-electron chi connectivity index (χ4n) is 6.89. The molecule has 0 amide bonds. The number of rotatable bonds is 7. The van der Waals surface area contributed by atoms with Gasteiger partial charge in [-0.2, -0.15) is 0 Å². The molecule has 1 aliphatic rings. The number of nitrogens with zero attached hydrogens (tertiary/aromatic N) is 3. The summed E-state index contributed by atoms with van der Waals surface area (Å²) in [6.45, 7) is 0. The number of benzene rings is 6. The van der Waals surface area contributed by atoms with Gasteiger partial charge in [-0.3, -0.25) is 4.57 Å². The number of fused-ring (bicyclic) bond motifs is 3. The third kappa shape index (κ3) is 5.30. The molecule has 0 saturated heterocycles. The van der Waals surface area contributed by atoms with Crippen molar-refractivity contribution in [3.63, 3.8) is 0 Å². The van der Waals surface area contributed by atoms with E-state index in [-0.39, 0.29) is 0 Å². The maximum Gasteiger partial charge on any atom is 0.165 e. The van der Waals surface area contributed by atoms with Crippen LogP contribution in [0.3, 0.4) is 0 Å². The van der Waals surface area contributed by atoms with E-state index in [9.17, 15) is 0 Å². The predicted octanol–water partition coefficient (Wildman–Crippen LogP) is 11.5. The van der Waals surface area contributed by atoms with Gasteiger partial charge >= 0.3 is 0 Å². The van der Waals surface area contributed by atoms with E-state index in [1.165, 1.54) is 22.3 Å². The van der Waals surface area contributed by atoms with E-state index < -0.39 is 0 Å². The van der Waals surface area contributed by atoms with Crippen LogP contribution in [0, 0.1) is 0 Å². The van der Waals surface area contributed by atoms with E-state index in [2.05, 4.69) is 168 Å². The van der Waals surface area contributed by atoms with Crippen molar-refractivity contribution in [3.05, 3.63) is 187 Å². The third-order valence-electron chi connectivity index (χ3n) is 9.25. The molecule has 8 aromatic rings. The number of nitrogens with one attached hydrogen (secondary N) is 1. The van der Waals surface area contributed by atoms with E-state index >= 15 is 0 Å². The summed E-state index contributed by atoms with van der Waals surface area (Å²) in [6, 6.07) is 56.9. The summed E-state index contributed by atoms with van der Waals surface area (Å²) < 4.78 is 2.25. The van der Waals surface area contributed by atoms with Crippen LogP contribution in [0.4, 0.5) is 11.4 Å². The van der Waals surface area contributed by atoms with Crippen LogP contribution in [-0.4, -0.2) is 14.5 Å². The molecular formula is C45H32N4. The van der Waals surface area contributed by atoms with Crippen molar-refractivity contribution in [3.8, 4) is 28.2 Å². The highest BCUT2D eigenvalue weighted by Gasteiger charge is 2.22. The minimum Gasteiger partial charge on any atom is -0.355 e. The van der Waals surface area contributed by atoms with E-state index in [1.807, 2.05) is 18.2 Å². The number of hydrogen-bond acceptors (Lipinski definition) is 3. The lowest BCUT2D eigenvalue weighted by Crippen LogP contribution is -1.99. The maximum absolute atomic E-state index is 5.45. The molecule has 0 spiro atoms. The molecule has 232 valence electrons. The predicted molar refractivity (Wildman–Crippen MR) is 204 cm³/mol. The number of hydrogen-bond donors (Lipinski definition) is 1. The van der Waals surface area contributed by atoms with Crippen molar-refractivity contribution in [1.29, 1.82) is 0 Å². The zero-order valence-corrected chi connectivity index (χ0v) is 26.8. The van der Waals surface area contributed by atoms with Crippen LogP contribution in [0.5, 0.6) is 0 Å². The first kappa shape index (κ1) is 28.7. The monoisotopic (exact) mass is 628 g/mol. The second-order valence-electron chi connectivity index (χ2n) is 12.3. The summed E-state index contributed by atoms with van der Waals surface area (Å²) in [5, 5.41) is 4.70. The van der Waals surface area contributed by atoms with Crippen LogP contribution in [0.1, 0.15) is 17.5 Å². The summed E-state index contributed by atoms with van der Waals surface area (Å²) >= 11 is 0. The summed E-state index contributed by atoms with van der Waals surface area (Å²) in [6.07, 6.45) is 5.37. The van der Waals surface area contributed by atoms with Gasteiger partial charge in [0.1, 0.15) is 5.52 Å². The van der Waals surface area contributed by atoms with Gasteiger partial charge in [0.05, 0.1) is 16.9 Å². The van der Waals surface area contributed by atoms with Crippen LogP contribution < -0.4 is 5.32 Å². The van der Waals surface area contributed by atoms with Gasteiger partial charge in [0.2, 0.25) is 0 Å². The maximum atomic E-state index is 5.45. The van der Waals surface area contributed by atoms with Gasteiger partial charge in [0.15, 0.2) is 5.65 Å². The standard InChI is InChI=1S/C45H32N4/c1-5-15-31(16-6-1)42-43(32-17-7-2-8-18-32)48-45-44(47-42)39-30-34(27-28-41(39)49(45)37-21-11-4-12-22-37)33-25-26-35(29-33)38-23-13-14-24-40(38)46-36-19-9-3-10-20-36/h1-28,30,46H,29H2. The average Bonchev–Trinajstić information content (AvgIpc) is 3.79. The van der Waals surface area contributed by atoms with Gasteiger partial charge in [0, 0.05) is 39.1 Å². The number of anilines is 2. The Labute approximate surface area is 285 Å². The van der Waals surface area contributed by atoms with Crippen molar-refractivity contribution in [2.75, 3.05) is 5.32 Å². The average molecular weight is 629 g/mol. The number of allylic oxidation sites excluding steroid dienone is 4. The molecule has 2 aromatic heterocycles. The molecule has 1 aliphatic carbocycles. The fraction of sp³-hybridized carbons (Fsp3) is 0.0222. The summed E-state index contributed by atoms with van der Waals surface area (Å²) in [7, 11) is 0. The minimum absolute atomic E-state index is 0.843. The van der Waals surface area contributed by atoms with E-state index in [0.29, 0.717) is 0 Å².